The number of carbonyl (C=O) groups excluding carboxylic acids is 1. The van der Waals surface area contributed by atoms with Crippen LogP contribution in [0.3, 0.4) is 0 Å². The highest BCUT2D eigenvalue weighted by Gasteiger charge is 2.39. The Morgan fingerprint density at radius 3 is 2.29 bits per heavy atom. The molecule has 3 aromatic rings. The molecule has 1 amide bonds. The van der Waals surface area contributed by atoms with Gasteiger partial charge in [0, 0.05) is 25.3 Å². The summed E-state index contributed by atoms with van der Waals surface area (Å²) in [6.07, 6.45) is -4.41. The van der Waals surface area contributed by atoms with Crippen LogP contribution < -0.4 is 5.32 Å². The fraction of sp³-hybridized carbons (Fsp3) is 0.300. The van der Waals surface area contributed by atoms with Crippen LogP contribution in [-0.4, -0.2) is 29.0 Å². The molecule has 0 spiro atoms. The lowest BCUT2D eigenvalue weighted by Crippen LogP contribution is -2.45. The number of hydrogen-bond donors (Lipinski definition) is 2. The number of amides is 1. The van der Waals surface area contributed by atoms with E-state index in [1.807, 2.05) is 68.4 Å². The molecule has 0 saturated carbocycles. The lowest BCUT2D eigenvalue weighted by Gasteiger charge is -2.39. The number of likely N-dealkylation sites (tertiary alicyclic amines) is 1. The van der Waals surface area contributed by atoms with E-state index in [-0.39, 0.29) is 37.4 Å². The first kappa shape index (κ1) is 27.7. The Balaban J connectivity index is 1.57. The molecule has 0 atom stereocenters. The molecule has 200 valence electrons. The van der Waals surface area contributed by atoms with Gasteiger partial charge in [0.05, 0.1) is 21.8 Å². The molecule has 0 unspecified atom stereocenters. The summed E-state index contributed by atoms with van der Waals surface area (Å²) in [5.74, 6) is -0.188. The van der Waals surface area contributed by atoms with Crippen molar-refractivity contribution in [3.63, 3.8) is 0 Å². The van der Waals surface area contributed by atoms with E-state index in [9.17, 15) is 23.1 Å². The number of aliphatic hydroxyl groups is 1. The summed E-state index contributed by atoms with van der Waals surface area (Å²) < 4.78 is 40.2. The van der Waals surface area contributed by atoms with Gasteiger partial charge in [-0.05, 0) is 61.1 Å². The lowest BCUT2D eigenvalue weighted by molar-refractivity contribution is -0.137. The zero-order chi connectivity index (χ0) is 27.5. The molecule has 8 heteroatoms. The van der Waals surface area contributed by atoms with Gasteiger partial charge in [-0.1, -0.05) is 72.3 Å². The van der Waals surface area contributed by atoms with Crippen molar-refractivity contribution in [2.45, 2.75) is 45.0 Å². The van der Waals surface area contributed by atoms with Crippen molar-refractivity contribution in [3.8, 4) is 0 Å². The summed E-state index contributed by atoms with van der Waals surface area (Å²) in [6.45, 7) is 4.75. The summed E-state index contributed by atoms with van der Waals surface area (Å²) in [5.41, 5.74) is 1.78. The highest BCUT2D eigenvalue weighted by atomic mass is 35.5. The summed E-state index contributed by atoms with van der Waals surface area (Å²) >= 11 is 5.76. The second kappa shape index (κ2) is 11.2. The predicted octanol–water partition coefficient (Wildman–Crippen LogP) is 6.70. The highest BCUT2D eigenvalue weighted by Crippen LogP contribution is 2.40. The molecule has 1 heterocycles. The van der Waals surface area contributed by atoms with Gasteiger partial charge in [0.1, 0.15) is 0 Å². The van der Waals surface area contributed by atoms with Gasteiger partial charge < -0.3 is 15.3 Å². The number of benzene rings is 3. The number of aryl methyl sites for hydroxylation is 1. The van der Waals surface area contributed by atoms with E-state index in [4.69, 9.17) is 11.6 Å². The number of alkyl halides is 3. The molecule has 2 N–H and O–H groups in total. The molecule has 3 aromatic carbocycles. The zero-order valence-corrected chi connectivity index (χ0v) is 22.0. The fourth-order valence-electron chi connectivity index (χ4n) is 4.81. The fourth-order valence-corrected chi connectivity index (χ4v) is 5.03. The summed E-state index contributed by atoms with van der Waals surface area (Å²) in [6, 6.07) is 21.0. The van der Waals surface area contributed by atoms with E-state index in [1.165, 1.54) is 6.07 Å². The summed E-state index contributed by atoms with van der Waals surface area (Å²) in [7, 11) is 0. The lowest BCUT2D eigenvalue weighted by atomic mass is 9.83. The predicted molar refractivity (Wildman–Crippen MR) is 143 cm³/mol. The normalized spacial score (nSPS) is 16.1. The van der Waals surface area contributed by atoms with Gasteiger partial charge >= 0.3 is 6.18 Å². The van der Waals surface area contributed by atoms with Crippen molar-refractivity contribution in [2.75, 3.05) is 13.1 Å². The Kier molecular flexibility index (Phi) is 8.19. The van der Waals surface area contributed by atoms with E-state index in [1.54, 1.807) is 4.90 Å². The van der Waals surface area contributed by atoms with Gasteiger partial charge in [0.2, 0.25) is 0 Å². The van der Waals surface area contributed by atoms with Crippen molar-refractivity contribution >= 4 is 23.1 Å². The van der Waals surface area contributed by atoms with Gasteiger partial charge in [-0.3, -0.25) is 4.79 Å². The molecular weight excluding hydrogens is 513 g/mol. The van der Waals surface area contributed by atoms with Crippen LogP contribution in [0.4, 0.5) is 13.2 Å². The van der Waals surface area contributed by atoms with Crippen LogP contribution in [0.5, 0.6) is 0 Å². The van der Waals surface area contributed by atoms with E-state index in [2.05, 4.69) is 5.32 Å². The average Bonchev–Trinajstić information content (AvgIpc) is 2.89. The minimum atomic E-state index is -4.63. The first-order chi connectivity index (χ1) is 18.0. The SMILES string of the molecule is C/C(NCc1ccccc1)=C(\C(=O)N1CCC(O)(c2ccc(Cl)c(C(F)(F)F)c2)CC1)c1ccccc1C. The van der Waals surface area contributed by atoms with Crippen LogP contribution in [0.15, 0.2) is 78.5 Å². The molecular formula is C30H30ClF3N2O2. The quantitative estimate of drug-likeness (QED) is 0.341. The standard InChI is InChI=1S/C30H30ClF3N2O2/c1-20-8-6-7-11-24(20)27(21(2)35-19-22-9-4-3-5-10-22)28(37)36-16-14-29(38,15-17-36)23-12-13-26(31)25(18-23)30(32,33)34/h3-13,18,35,38H,14-17,19H2,1-2H3/b27-21+. The molecule has 4 rings (SSSR count). The molecule has 1 fully saturated rings. The number of rotatable bonds is 6. The Bertz CT molecular complexity index is 1330. The third-order valence-corrected chi connectivity index (χ3v) is 7.42. The number of allylic oxidation sites excluding steroid dienone is 1. The average molecular weight is 543 g/mol. The topological polar surface area (TPSA) is 52.6 Å². The molecule has 0 aliphatic carbocycles. The van der Waals surface area contributed by atoms with Crippen molar-refractivity contribution in [1.82, 2.24) is 10.2 Å². The summed E-state index contributed by atoms with van der Waals surface area (Å²) in [4.78, 5) is 15.5. The zero-order valence-electron chi connectivity index (χ0n) is 21.3. The van der Waals surface area contributed by atoms with Gasteiger partial charge in [-0.2, -0.15) is 13.2 Å². The number of piperidine rings is 1. The summed E-state index contributed by atoms with van der Waals surface area (Å²) in [5, 5.41) is 14.2. The molecule has 1 saturated heterocycles. The number of nitrogens with one attached hydrogen (secondary N) is 1. The third-order valence-electron chi connectivity index (χ3n) is 7.09. The monoisotopic (exact) mass is 542 g/mol. The van der Waals surface area contributed by atoms with E-state index < -0.39 is 22.4 Å². The van der Waals surface area contributed by atoms with Crippen molar-refractivity contribution in [3.05, 3.63) is 111 Å². The first-order valence-electron chi connectivity index (χ1n) is 12.4. The Morgan fingerprint density at radius 1 is 1.03 bits per heavy atom. The molecule has 1 aliphatic rings. The van der Waals surface area contributed by atoms with Gasteiger partial charge in [0.25, 0.3) is 5.91 Å². The van der Waals surface area contributed by atoms with Crippen LogP contribution >= 0.6 is 11.6 Å². The largest absolute Gasteiger partial charge is 0.417 e. The first-order valence-corrected chi connectivity index (χ1v) is 12.8. The molecule has 4 nitrogen and oxygen atoms in total. The maximum absolute atomic E-state index is 13.9. The van der Waals surface area contributed by atoms with Gasteiger partial charge in [0.15, 0.2) is 0 Å². The van der Waals surface area contributed by atoms with Crippen LogP contribution in [0.25, 0.3) is 5.57 Å². The van der Waals surface area contributed by atoms with Gasteiger partial charge in [-0.25, -0.2) is 0 Å². The Hall–Kier alpha value is -3.29. The van der Waals surface area contributed by atoms with Crippen molar-refractivity contribution in [1.29, 1.82) is 0 Å². The minimum absolute atomic E-state index is 0.106. The van der Waals surface area contributed by atoms with E-state index >= 15 is 0 Å². The maximum Gasteiger partial charge on any atom is 0.417 e. The smallest absolute Gasteiger partial charge is 0.385 e. The van der Waals surface area contributed by atoms with Crippen LogP contribution in [-0.2, 0) is 23.1 Å². The molecule has 0 aromatic heterocycles. The number of hydrogen-bond acceptors (Lipinski definition) is 3. The van der Waals surface area contributed by atoms with Crippen LogP contribution in [0.2, 0.25) is 5.02 Å². The third kappa shape index (κ3) is 6.05. The van der Waals surface area contributed by atoms with Crippen LogP contribution in [0, 0.1) is 6.92 Å². The minimum Gasteiger partial charge on any atom is -0.385 e. The maximum atomic E-state index is 13.9. The second-order valence-corrected chi connectivity index (χ2v) is 10.1. The van der Waals surface area contributed by atoms with E-state index in [0.717, 1.165) is 34.5 Å². The molecule has 38 heavy (non-hydrogen) atoms. The van der Waals surface area contributed by atoms with E-state index in [0.29, 0.717) is 12.1 Å². The Morgan fingerprint density at radius 2 is 1.66 bits per heavy atom. The molecule has 0 radical (unpaired) electrons. The number of carbonyl (C=O) groups is 1. The molecule has 1 aliphatic heterocycles. The van der Waals surface area contributed by atoms with Crippen molar-refractivity contribution < 1.29 is 23.1 Å². The second-order valence-electron chi connectivity index (χ2n) is 9.67. The molecule has 0 bridgehead atoms. The number of halogens is 4. The Labute approximate surface area is 225 Å². The van der Waals surface area contributed by atoms with Crippen LogP contribution in [0.1, 0.15) is 47.6 Å². The number of nitrogens with zero attached hydrogens (tertiary/aromatic N) is 1. The highest BCUT2D eigenvalue weighted by molar-refractivity contribution is 6.31. The van der Waals surface area contributed by atoms with Crippen molar-refractivity contribution in [2.24, 2.45) is 0 Å². The van der Waals surface area contributed by atoms with Gasteiger partial charge in [-0.15, -0.1) is 0 Å².